The molecule has 0 aliphatic carbocycles. The molecule has 0 radical (unpaired) electrons. The minimum absolute atomic E-state index is 0.0575. The third-order valence-electron chi connectivity index (χ3n) is 3.27. The van der Waals surface area contributed by atoms with Crippen molar-refractivity contribution in [3.63, 3.8) is 0 Å². The molecule has 0 spiro atoms. The molecule has 0 aromatic carbocycles. The molecule has 0 unspecified atom stereocenters. The second-order valence-corrected chi connectivity index (χ2v) is 7.81. The van der Waals surface area contributed by atoms with Crippen molar-refractivity contribution >= 4 is 27.3 Å². The third kappa shape index (κ3) is 3.59. The van der Waals surface area contributed by atoms with Crippen molar-refractivity contribution in [1.29, 1.82) is 0 Å². The number of piperidine rings is 1. The van der Waals surface area contributed by atoms with Crippen molar-refractivity contribution in [3.8, 4) is 0 Å². The first-order valence-electron chi connectivity index (χ1n) is 6.92. The summed E-state index contributed by atoms with van der Waals surface area (Å²) in [7, 11) is -3.47. The van der Waals surface area contributed by atoms with Gasteiger partial charge in [0.1, 0.15) is 4.21 Å². The molecule has 1 aromatic heterocycles. The van der Waals surface area contributed by atoms with E-state index in [0.29, 0.717) is 12.1 Å². The predicted octanol–water partition coefficient (Wildman–Crippen LogP) is 2.06. The topological polar surface area (TPSA) is 66.5 Å². The molecule has 2 heterocycles. The third-order valence-corrected chi connectivity index (χ3v) is 6.17. The molecular weight excluding hydrogens is 296 g/mol. The molecule has 0 bridgehead atoms. The molecule has 0 saturated carbocycles. The Labute approximate surface area is 124 Å². The number of nitrogens with zero attached hydrogens (tertiary/aromatic N) is 1. The fourth-order valence-electron chi connectivity index (χ4n) is 2.16. The van der Waals surface area contributed by atoms with Crippen LogP contribution in [-0.4, -0.2) is 38.9 Å². The Hall–Kier alpha value is -0.920. The second-order valence-electron chi connectivity index (χ2n) is 4.91. The maximum absolute atomic E-state index is 12.3. The quantitative estimate of drug-likeness (QED) is 0.904. The minimum atomic E-state index is -3.47. The summed E-state index contributed by atoms with van der Waals surface area (Å²) >= 11 is 1.10. The number of thiophene rings is 1. The smallest absolute Gasteiger partial charge is 0.254 e. The summed E-state index contributed by atoms with van der Waals surface area (Å²) < 4.78 is 26.7. The number of likely N-dealkylation sites (tertiary alicyclic amines) is 1. The standard InChI is InChI=1S/C13H20N2O3S2/c1-2-6-14-20(17,18)12-9-11(10-19-12)13(16)15-7-4-3-5-8-15/h9-10,14H,2-8H2,1H3. The van der Waals surface area contributed by atoms with Gasteiger partial charge in [-0.25, -0.2) is 13.1 Å². The fraction of sp³-hybridized carbons (Fsp3) is 0.615. The van der Waals surface area contributed by atoms with E-state index in [1.165, 1.54) is 6.07 Å². The van der Waals surface area contributed by atoms with Gasteiger partial charge in [-0.3, -0.25) is 4.79 Å². The van der Waals surface area contributed by atoms with Crippen molar-refractivity contribution in [2.45, 2.75) is 36.8 Å². The van der Waals surface area contributed by atoms with Crippen LogP contribution in [0.2, 0.25) is 0 Å². The van der Waals surface area contributed by atoms with Crippen LogP contribution in [0.25, 0.3) is 0 Å². The zero-order valence-corrected chi connectivity index (χ0v) is 13.2. The lowest BCUT2D eigenvalue weighted by molar-refractivity contribution is 0.0725. The van der Waals surface area contributed by atoms with Crippen LogP contribution in [-0.2, 0) is 10.0 Å². The number of hydrogen-bond acceptors (Lipinski definition) is 4. The highest BCUT2D eigenvalue weighted by atomic mass is 32.2. The van der Waals surface area contributed by atoms with E-state index < -0.39 is 10.0 Å². The van der Waals surface area contributed by atoms with Crippen LogP contribution in [0, 0.1) is 0 Å². The van der Waals surface area contributed by atoms with Crippen molar-refractivity contribution in [2.75, 3.05) is 19.6 Å². The van der Waals surface area contributed by atoms with Crippen molar-refractivity contribution in [3.05, 3.63) is 17.0 Å². The van der Waals surface area contributed by atoms with Gasteiger partial charge in [-0.15, -0.1) is 11.3 Å². The average molecular weight is 316 g/mol. The monoisotopic (exact) mass is 316 g/mol. The van der Waals surface area contributed by atoms with Gasteiger partial charge < -0.3 is 4.90 Å². The van der Waals surface area contributed by atoms with E-state index in [-0.39, 0.29) is 10.1 Å². The van der Waals surface area contributed by atoms with E-state index in [0.717, 1.165) is 50.1 Å². The van der Waals surface area contributed by atoms with Crippen LogP contribution >= 0.6 is 11.3 Å². The van der Waals surface area contributed by atoms with E-state index in [9.17, 15) is 13.2 Å². The van der Waals surface area contributed by atoms with Gasteiger partial charge in [0, 0.05) is 25.0 Å². The van der Waals surface area contributed by atoms with E-state index in [1.807, 2.05) is 6.92 Å². The molecule has 1 saturated heterocycles. The van der Waals surface area contributed by atoms with Crippen LogP contribution < -0.4 is 4.72 Å². The second kappa shape index (κ2) is 6.69. The number of hydrogen-bond donors (Lipinski definition) is 1. The zero-order valence-electron chi connectivity index (χ0n) is 11.6. The molecule has 112 valence electrons. The highest BCUT2D eigenvalue weighted by Gasteiger charge is 2.22. The largest absolute Gasteiger partial charge is 0.339 e. The number of carbonyl (C=O) groups is 1. The Balaban J connectivity index is 2.10. The fourth-order valence-corrected chi connectivity index (χ4v) is 4.49. The van der Waals surface area contributed by atoms with Gasteiger partial charge in [-0.1, -0.05) is 6.92 Å². The van der Waals surface area contributed by atoms with E-state index in [2.05, 4.69) is 4.72 Å². The molecule has 5 nitrogen and oxygen atoms in total. The summed E-state index contributed by atoms with van der Waals surface area (Å²) in [5.41, 5.74) is 0.480. The summed E-state index contributed by atoms with van der Waals surface area (Å²) in [6, 6.07) is 1.49. The summed E-state index contributed by atoms with van der Waals surface area (Å²) in [6.07, 6.45) is 3.95. The average Bonchev–Trinajstić information content (AvgIpc) is 2.96. The maximum atomic E-state index is 12.3. The highest BCUT2D eigenvalue weighted by Crippen LogP contribution is 2.22. The number of nitrogens with one attached hydrogen (secondary N) is 1. The number of amides is 1. The Morgan fingerprint density at radius 3 is 2.70 bits per heavy atom. The summed E-state index contributed by atoms with van der Waals surface area (Å²) in [4.78, 5) is 14.1. The summed E-state index contributed by atoms with van der Waals surface area (Å²) in [6.45, 7) is 3.85. The van der Waals surface area contributed by atoms with Crippen LogP contribution in [0.3, 0.4) is 0 Å². The Morgan fingerprint density at radius 2 is 2.05 bits per heavy atom. The molecule has 1 aromatic rings. The van der Waals surface area contributed by atoms with E-state index in [4.69, 9.17) is 0 Å². The Bertz CT molecular complexity index is 560. The van der Waals surface area contributed by atoms with Crippen molar-refractivity contribution in [1.82, 2.24) is 9.62 Å². The molecule has 20 heavy (non-hydrogen) atoms. The van der Waals surface area contributed by atoms with Crippen LogP contribution in [0.1, 0.15) is 43.0 Å². The SMILES string of the molecule is CCCNS(=O)(=O)c1cc(C(=O)N2CCCCC2)cs1. The summed E-state index contributed by atoms with van der Waals surface area (Å²) in [5.74, 6) is -0.0575. The molecule has 1 fully saturated rings. The lowest BCUT2D eigenvalue weighted by Gasteiger charge is -2.26. The highest BCUT2D eigenvalue weighted by molar-refractivity contribution is 7.91. The first kappa shape index (κ1) is 15.5. The predicted molar refractivity (Wildman–Crippen MR) is 79.6 cm³/mol. The molecular formula is C13H20N2O3S2. The molecule has 1 aliphatic rings. The lowest BCUT2D eigenvalue weighted by Crippen LogP contribution is -2.35. The number of carbonyl (C=O) groups excluding carboxylic acids is 1. The lowest BCUT2D eigenvalue weighted by atomic mass is 10.1. The minimum Gasteiger partial charge on any atom is -0.339 e. The van der Waals surface area contributed by atoms with Gasteiger partial charge in [0.05, 0.1) is 5.56 Å². The molecule has 7 heteroatoms. The van der Waals surface area contributed by atoms with Gasteiger partial charge in [0.15, 0.2) is 0 Å². The molecule has 1 amide bonds. The summed E-state index contributed by atoms with van der Waals surface area (Å²) in [5, 5.41) is 1.64. The zero-order chi connectivity index (χ0) is 14.6. The van der Waals surface area contributed by atoms with Gasteiger partial charge >= 0.3 is 0 Å². The molecule has 0 atom stereocenters. The van der Waals surface area contributed by atoms with Gasteiger partial charge in [0.2, 0.25) is 10.0 Å². The molecule has 1 aliphatic heterocycles. The van der Waals surface area contributed by atoms with Gasteiger partial charge in [-0.05, 0) is 31.7 Å². The number of sulfonamides is 1. The van der Waals surface area contributed by atoms with E-state index in [1.54, 1.807) is 10.3 Å². The Kier molecular flexibility index (Phi) is 5.17. The Morgan fingerprint density at radius 1 is 1.35 bits per heavy atom. The van der Waals surface area contributed by atoms with Crippen LogP contribution in [0.4, 0.5) is 0 Å². The van der Waals surface area contributed by atoms with Crippen LogP contribution in [0.15, 0.2) is 15.7 Å². The van der Waals surface area contributed by atoms with E-state index >= 15 is 0 Å². The normalized spacial score (nSPS) is 16.4. The van der Waals surface area contributed by atoms with Crippen molar-refractivity contribution in [2.24, 2.45) is 0 Å². The molecule has 1 N–H and O–H groups in total. The van der Waals surface area contributed by atoms with Gasteiger partial charge in [0.25, 0.3) is 5.91 Å². The van der Waals surface area contributed by atoms with Gasteiger partial charge in [-0.2, -0.15) is 0 Å². The van der Waals surface area contributed by atoms with Crippen molar-refractivity contribution < 1.29 is 13.2 Å². The first-order chi connectivity index (χ1) is 9.54. The van der Waals surface area contributed by atoms with Crippen LogP contribution in [0.5, 0.6) is 0 Å². The first-order valence-corrected chi connectivity index (χ1v) is 9.28. The maximum Gasteiger partial charge on any atom is 0.254 e. The molecule has 2 rings (SSSR count). The number of rotatable bonds is 5.